The molecule has 0 heterocycles. The van der Waals surface area contributed by atoms with Gasteiger partial charge in [-0.05, 0) is 73.9 Å². The Kier molecular flexibility index (Phi) is 21.3. The van der Waals surface area contributed by atoms with Crippen LogP contribution in [0.2, 0.25) is 0 Å². The standard InChI is InChI=1S/C16H25NO2.C8H11NO.C8H16O2/c1-3-5-14(6-4-2)16(19)17-15-9-7-13(8-10-15)11-12-18;9-8-3-1-7(2-4-8)5-6-10;1-3-5-7(6-4-2)8(9)10/h7-10,14,18H,3-6,11-12H2,1-2H3,(H,17,19);1-4,10H,5-6,9H2;7H,3-6H2,1-2H3,(H,9,10). The highest BCUT2D eigenvalue weighted by atomic mass is 16.4. The molecule has 39 heavy (non-hydrogen) atoms. The van der Waals surface area contributed by atoms with Crippen molar-refractivity contribution in [2.75, 3.05) is 24.3 Å². The van der Waals surface area contributed by atoms with Crippen molar-refractivity contribution < 1.29 is 24.9 Å². The fourth-order valence-corrected chi connectivity index (χ4v) is 4.13. The van der Waals surface area contributed by atoms with E-state index in [4.69, 9.17) is 21.1 Å². The van der Waals surface area contributed by atoms with Gasteiger partial charge in [0.2, 0.25) is 5.91 Å². The first kappa shape index (κ1) is 36.1. The molecular formula is C32H52N2O5. The summed E-state index contributed by atoms with van der Waals surface area (Å²) >= 11 is 0. The number of rotatable bonds is 15. The van der Waals surface area contributed by atoms with Crippen molar-refractivity contribution >= 4 is 23.3 Å². The third kappa shape index (κ3) is 17.3. The fraction of sp³-hybridized carbons (Fsp3) is 0.562. The normalized spacial score (nSPS) is 10.4. The maximum absolute atomic E-state index is 12.2. The zero-order valence-corrected chi connectivity index (χ0v) is 24.5. The molecule has 0 saturated carbocycles. The van der Waals surface area contributed by atoms with Crippen LogP contribution in [-0.4, -0.2) is 40.4 Å². The second-order valence-electron chi connectivity index (χ2n) is 9.76. The molecule has 0 aliphatic heterocycles. The predicted octanol–water partition coefficient (Wildman–Crippen LogP) is 6.47. The highest BCUT2D eigenvalue weighted by Gasteiger charge is 2.16. The maximum atomic E-state index is 12.2. The summed E-state index contributed by atoms with van der Waals surface area (Å²) < 4.78 is 0. The minimum atomic E-state index is -0.635. The molecule has 2 aromatic carbocycles. The predicted molar refractivity (Wildman–Crippen MR) is 162 cm³/mol. The zero-order valence-electron chi connectivity index (χ0n) is 24.5. The van der Waals surface area contributed by atoms with Crippen LogP contribution >= 0.6 is 0 Å². The van der Waals surface area contributed by atoms with E-state index in [0.717, 1.165) is 73.9 Å². The largest absolute Gasteiger partial charge is 0.481 e. The van der Waals surface area contributed by atoms with Gasteiger partial charge < -0.3 is 26.4 Å². The minimum absolute atomic E-state index is 0.102. The van der Waals surface area contributed by atoms with Crippen molar-refractivity contribution in [3.05, 3.63) is 59.7 Å². The molecule has 0 aliphatic rings. The summed E-state index contributed by atoms with van der Waals surface area (Å²) in [6, 6.07) is 15.2. The molecule has 0 spiro atoms. The van der Waals surface area contributed by atoms with Gasteiger partial charge in [-0.25, -0.2) is 0 Å². The highest BCUT2D eigenvalue weighted by molar-refractivity contribution is 5.92. The summed E-state index contributed by atoms with van der Waals surface area (Å²) in [6.45, 7) is 8.61. The number of nitrogens with two attached hydrogens (primary N) is 1. The molecule has 0 radical (unpaired) electrons. The Morgan fingerprint density at radius 1 is 0.692 bits per heavy atom. The molecule has 220 valence electrons. The lowest BCUT2D eigenvalue weighted by molar-refractivity contribution is -0.142. The summed E-state index contributed by atoms with van der Waals surface area (Å²) in [5, 5.41) is 29.0. The van der Waals surface area contributed by atoms with E-state index in [-0.39, 0.29) is 31.0 Å². The van der Waals surface area contributed by atoms with E-state index in [2.05, 4.69) is 19.2 Å². The molecule has 0 unspecified atom stereocenters. The number of aliphatic hydroxyl groups is 2. The molecule has 7 heteroatoms. The number of carbonyl (C=O) groups excluding carboxylic acids is 1. The van der Waals surface area contributed by atoms with Gasteiger partial charge in [0.25, 0.3) is 0 Å². The van der Waals surface area contributed by atoms with Gasteiger partial charge >= 0.3 is 5.97 Å². The lowest BCUT2D eigenvalue weighted by Crippen LogP contribution is -2.22. The summed E-state index contributed by atoms with van der Waals surface area (Å²) in [4.78, 5) is 22.6. The lowest BCUT2D eigenvalue weighted by atomic mass is 9.97. The van der Waals surface area contributed by atoms with Crippen LogP contribution in [0.15, 0.2) is 48.5 Å². The molecular weight excluding hydrogens is 492 g/mol. The van der Waals surface area contributed by atoms with E-state index < -0.39 is 5.97 Å². The van der Waals surface area contributed by atoms with Crippen LogP contribution in [-0.2, 0) is 22.4 Å². The molecule has 0 aromatic heterocycles. The second-order valence-corrected chi connectivity index (χ2v) is 9.76. The topological polar surface area (TPSA) is 133 Å². The first-order valence-corrected chi connectivity index (χ1v) is 14.4. The van der Waals surface area contributed by atoms with E-state index in [1.165, 1.54) is 0 Å². The monoisotopic (exact) mass is 544 g/mol. The molecule has 6 N–H and O–H groups in total. The summed E-state index contributed by atoms with van der Waals surface area (Å²) in [7, 11) is 0. The van der Waals surface area contributed by atoms with Gasteiger partial charge in [0, 0.05) is 30.5 Å². The van der Waals surface area contributed by atoms with Crippen molar-refractivity contribution in [3.8, 4) is 0 Å². The quantitative estimate of drug-likeness (QED) is 0.163. The van der Waals surface area contributed by atoms with Gasteiger partial charge in [-0.2, -0.15) is 0 Å². The number of carboxylic acid groups (broad SMARTS) is 1. The third-order valence-corrected chi connectivity index (χ3v) is 6.27. The SMILES string of the molecule is CCCC(CCC)C(=O)Nc1ccc(CCO)cc1.CCCC(CCC)C(=O)O.Nc1ccc(CCO)cc1. The van der Waals surface area contributed by atoms with Crippen molar-refractivity contribution in [2.24, 2.45) is 11.8 Å². The van der Waals surface area contributed by atoms with Gasteiger partial charge in [-0.15, -0.1) is 0 Å². The molecule has 2 rings (SSSR count). The minimum Gasteiger partial charge on any atom is -0.481 e. The average molecular weight is 545 g/mol. The van der Waals surface area contributed by atoms with Crippen molar-refractivity contribution in [1.82, 2.24) is 0 Å². The number of carboxylic acids is 1. The van der Waals surface area contributed by atoms with Crippen LogP contribution in [0.25, 0.3) is 0 Å². The Morgan fingerprint density at radius 2 is 1.08 bits per heavy atom. The summed E-state index contributed by atoms with van der Waals surface area (Å²) in [6.07, 6.45) is 8.91. The fourth-order valence-electron chi connectivity index (χ4n) is 4.13. The summed E-state index contributed by atoms with van der Waals surface area (Å²) in [5.74, 6) is -0.496. The van der Waals surface area contributed by atoms with Crippen LogP contribution < -0.4 is 11.1 Å². The van der Waals surface area contributed by atoms with E-state index in [0.29, 0.717) is 12.8 Å². The third-order valence-electron chi connectivity index (χ3n) is 6.27. The Labute approximate surface area is 235 Å². The molecule has 0 bridgehead atoms. The number of carbonyl (C=O) groups is 2. The van der Waals surface area contributed by atoms with E-state index in [1.54, 1.807) is 0 Å². The Balaban J connectivity index is 0.000000610. The number of hydrogen-bond donors (Lipinski definition) is 5. The number of hydrogen-bond acceptors (Lipinski definition) is 5. The van der Waals surface area contributed by atoms with Crippen LogP contribution in [0, 0.1) is 11.8 Å². The number of aliphatic hydroxyl groups excluding tert-OH is 2. The molecule has 2 aromatic rings. The van der Waals surface area contributed by atoms with Crippen molar-refractivity contribution in [1.29, 1.82) is 0 Å². The van der Waals surface area contributed by atoms with E-state index >= 15 is 0 Å². The highest BCUT2D eigenvalue weighted by Crippen LogP contribution is 2.17. The molecule has 0 saturated heterocycles. The number of nitrogen functional groups attached to an aromatic ring is 1. The molecule has 0 aliphatic carbocycles. The number of amides is 1. The van der Waals surface area contributed by atoms with Crippen molar-refractivity contribution in [3.63, 3.8) is 0 Å². The molecule has 0 fully saturated rings. The van der Waals surface area contributed by atoms with Gasteiger partial charge in [0.15, 0.2) is 0 Å². The van der Waals surface area contributed by atoms with Gasteiger partial charge in [-0.3, -0.25) is 9.59 Å². The van der Waals surface area contributed by atoms with Gasteiger partial charge in [-0.1, -0.05) is 77.6 Å². The first-order valence-electron chi connectivity index (χ1n) is 14.4. The van der Waals surface area contributed by atoms with Crippen molar-refractivity contribution in [2.45, 2.75) is 91.9 Å². The first-order chi connectivity index (χ1) is 18.8. The maximum Gasteiger partial charge on any atom is 0.306 e. The Bertz CT molecular complexity index is 872. The zero-order chi connectivity index (χ0) is 29.5. The number of anilines is 2. The van der Waals surface area contributed by atoms with E-state index in [9.17, 15) is 9.59 Å². The van der Waals surface area contributed by atoms with Gasteiger partial charge in [0.1, 0.15) is 0 Å². The molecule has 1 amide bonds. The van der Waals surface area contributed by atoms with Crippen LogP contribution in [0.4, 0.5) is 11.4 Å². The number of nitrogens with one attached hydrogen (secondary N) is 1. The number of benzene rings is 2. The smallest absolute Gasteiger partial charge is 0.306 e. The molecule has 7 nitrogen and oxygen atoms in total. The summed E-state index contributed by atoms with van der Waals surface area (Å²) in [5.41, 5.74) is 9.27. The van der Waals surface area contributed by atoms with E-state index in [1.807, 2.05) is 62.4 Å². The second kappa shape index (κ2) is 23.0. The molecule has 0 atom stereocenters. The van der Waals surface area contributed by atoms with Crippen LogP contribution in [0.3, 0.4) is 0 Å². The Morgan fingerprint density at radius 3 is 1.44 bits per heavy atom. The average Bonchev–Trinajstić information content (AvgIpc) is 2.92. The van der Waals surface area contributed by atoms with Crippen LogP contribution in [0.5, 0.6) is 0 Å². The lowest BCUT2D eigenvalue weighted by Gasteiger charge is -2.15. The van der Waals surface area contributed by atoms with Gasteiger partial charge in [0.05, 0.1) is 5.92 Å². The Hall–Kier alpha value is -2.90. The number of aliphatic carboxylic acids is 1. The van der Waals surface area contributed by atoms with Crippen LogP contribution in [0.1, 0.15) is 90.2 Å².